The summed E-state index contributed by atoms with van der Waals surface area (Å²) < 4.78 is 15.1. The van der Waals surface area contributed by atoms with Crippen LogP contribution in [0.15, 0.2) is 39.9 Å². The molecule has 0 spiro atoms. The van der Waals surface area contributed by atoms with E-state index in [0.717, 1.165) is 12.8 Å². The average molecular weight is 409 g/mol. The first-order valence-corrected chi connectivity index (χ1v) is 9.97. The number of pyridine rings is 1. The second-order valence-corrected chi connectivity index (χ2v) is 7.41. The molecule has 0 bridgehead atoms. The summed E-state index contributed by atoms with van der Waals surface area (Å²) in [6.07, 6.45) is 5.21. The Labute approximate surface area is 173 Å². The predicted molar refractivity (Wildman–Crippen MR) is 116 cm³/mol. The zero-order valence-corrected chi connectivity index (χ0v) is 17.2. The smallest absolute Gasteiger partial charge is 0.299 e. The molecular formula is C23H24FN3O3. The predicted octanol–water partition coefficient (Wildman–Crippen LogP) is 4.03. The number of allylic oxidation sites excluding steroid dienone is 1. The quantitative estimate of drug-likeness (QED) is 0.472. The molecule has 0 fully saturated rings. The fourth-order valence-electron chi connectivity index (χ4n) is 3.52. The van der Waals surface area contributed by atoms with Crippen LogP contribution in [-0.2, 0) is 11.3 Å². The van der Waals surface area contributed by atoms with Gasteiger partial charge in [-0.25, -0.2) is 14.2 Å². The van der Waals surface area contributed by atoms with E-state index in [1.54, 1.807) is 18.2 Å². The summed E-state index contributed by atoms with van der Waals surface area (Å²) in [5, 5.41) is 0.243. The zero-order valence-electron chi connectivity index (χ0n) is 17.2. The van der Waals surface area contributed by atoms with Gasteiger partial charge < -0.3 is 0 Å². The van der Waals surface area contributed by atoms with Crippen molar-refractivity contribution in [2.45, 2.75) is 46.1 Å². The molecule has 6 nitrogen and oxygen atoms in total. The van der Waals surface area contributed by atoms with Gasteiger partial charge in [0.25, 0.3) is 5.56 Å². The normalized spacial score (nSPS) is 11.6. The maximum Gasteiger partial charge on any atom is 0.329 e. The van der Waals surface area contributed by atoms with Crippen LogP contribution in [0.2, 0.25) is 0 Å². The van der Waals surface area contributed by atoms with Gasteiger partial charge >= 0.3 is 5.69 Å². The lowest BCUT2D eigenvalue weighted by molar-refractivity contribution is -0.104. The third-order valence-electron chi connectivity index (χ3n) is 4.95. The van der Waals surface area contributed by atoms with Crippen molar-refractivity contribution in [3.8, 4) is 11.1 Å². The highest BCUT2D eigenvalue weighted by molar-refractivity contribution is 5.98. The van der Waals surface area contributed by atoms with Crippen molar-refractivity contribution in [2.24, 2.45) is 0 Å². The molecule has 0 saturated heterocycles. The number of unbranched alkanes of at least 4 members (excludes halogenated alkanes) is 1. The topological polar surface area (TPSA) is 84.8 Å². The molecule has 1 aromatic carbocycles. The van der Waals surface area contributed by atoms with Crippen molar-refractivity contribution in [1.82, 2.24) is 14.5 Å². The summed E-state index contributed by atoms with van der Waals surface area (Å²) in [5.41, 5.74) is 1.59. The number of aromatic amines is 1. The summed E-state index contributed by atoms with van der Waals surface area (Å²) >= 11 is 0. The summed E-state index contributed by atoms with van der Waals surface area (Å²) in [6.45, 7) is 6.32. The highest BCUT2D eigenvalue weighted by Gasteiger charge is 2.22. The van der Waals surface area contributed by atoms with Crippen LogP contribution in [0.1, 0.15) is 50.8 Å². The van der Waals surface area contributed by atoms with Crippen LogP contribution in [0, 0.1) is 5.82 Å². The first-order valence-electron chi connectivity index (χ1n) is 9.97. The van der Waals surface area contributed by atoms with Crippen LogP contribution in [0.3, 0.4) is 0 Å². The molecule has 1 N–H and O–H groups in total. The molecule has 3 aromatic rings. The molecule has 0 aliphatic heterocycles. The van der Waals surface area contributed by atoms with E-state index >= 15 is 0 Å². The summed E-state index contributed by atoms with van der Waals surface area (Å²) in [5.74, 6) is -0.450. The number of halogens is 1. The van der Waals surface area contributed by atoms with Crippen molar-refractivity contribution in [3.05, 3.63) is 68.3 Å². The van der Waals surface area contributed by atoms with Crippen molar-refractivity contribution in [2.75, 3.05) is 0 Å². The van der Waals surface area contributed by atoms with Crippen molar-refractivity contribution in [3.63, 3.8) is 0 Å². The van der Waals surface area contributed by atoms with Gasteiger partial charge in [0.1, 0.15) is 17.8 Å². The highest BCUT2D eigenvalue weighted by Crippen LogP contribution is 2.34. The van der Waals surface area contributed by atoms with E-state index in [4.69, 9.17) is 4.98 Å². The molecule has 0 amide bonds. The Morgan fingerprint density at radius 3 is 2.50 bits per heavy atom. The Balaban J connectivity index is 2.56. The number of nitrogens with zero attached hydrogens (tertiary/aromatic N) is 2. The van der Waals surface area contributed by atoms with Gasteiger partial charge in [-0.3, -0.25) is 19.1 Å². The lowest BCUT2D eigenvalue weighted by Gasteiger charge is -2.19. The van der Waals surface area contributed by atoms with Crippen LogP contribution in [0.5, 0.6) is 0 Å². The molecule has 0 aliphatic carbocycles. The third-order valence-corrected chi connectivity index (χ3v) is 4.95. The molecule has 0 atom stereocenters. The van der Waals surface area contributed by atoms with Gasteiger partial charge in [-0.2, -0.15) is 0 Å². The Hall–Kier alpha value is -3.35. The summed E-state index contributed by atoms with van der Waals surface area (Å²) in [4.78, 5) is 43.6. The second kappa shape index (κ2) is 8.98. The Morgan fingerprint density at radius 2 is 1.90 bits per heavy atom. The molecule has 7 heteroatoms. The van der Waals surface area contributed by atoms with Gasteiger partial charge in [-0.15, -0.1) is 0 Å². The lowest BCUT2D eigenvalue weighted by Crippen LogP contribution is -2.32. The van der Waals surface area contributed by atoms with E-state index < -0.39 is 17.1 Å². The first kappa shape index (κ1) is 21.4. The number of aldehydes is 1. The minimum atomic E-state index is -0.564. The van der Waals surface area contributed by atoms with Gasteiger partial charge in [0.15, 0.2) is 0 Å². The minimum Gasteiger partial charge on any atom is -0.299 e. The highest BCUT2D eigenvalue weighted by atomic mass is 19.1. The van der Waals surface area contributed by atoms with Crippen molar-refractivity contribution < 1.29 is 9.18 Å². The Bertz CT molecular complexity index is 1220. The van der Waals surface area contributed by atoms with E-state index in [2.05, 4.69) is 4.98 Å². The molecule has 3 rings (SSSR count). The first-order chi connectivity index (χ1) is 14.4. The summed E-state index contributed by atoms with van der Waals surface area (Å²) in [6, 6.07) is 5.77. The number of H-pyrrole nitrogens is 1. The molecule has 30 heavy (non-hydrogen) atoms. The van der Waals surface area contributed by atoms with Gasteiger partial charge in [-0.1, -0.05) is 39.3 Å². The number of rotatable bonds is 7. The summed E-state index contributed by atoms with van der Waals surface area (Å²) in [7, 11) is 0. The van der Waals surface area contributed by atoms with Crippen LogP contribution in [0.4, 0.5) is 4.39 Å². The standard InChI is InChI=1S/C23H24FN3O3/c1-4-5-12-27-21-19(22(29)26-23(27)30)18(15-8-10-16(24)11-9-15)17(7-6-13-28)20(25-21)14(2)3/h6-11,13-14H,4-5,12H2,1-3H3,(H,26,29,30)/b7-6+. The van der Waals surface area contributed by atoms with Crippen molar-refractivity contribution >= 4 is 23.4 Å². The number of benzene rings is 1. The SMILES string of the molecule is CCCCn1c(=O)[nH]c(=O)c2c(-c3ccc(F)cc3)c(/C=C/C=O)c(C(C)C)nc21. The van der Waals surface area contributed by atoms with Crippen LogP contribution < -0.4 is 11.2 Å². The Morgan fingerprint density at radius 1 is 1.20 bits per heavy atom. The Kier molecular flexibility index (Phi) is 6.40. The number of fused-ring (bicyclic) bond motifs is 1. The van der Waals surface area contributed by atoms with E-state index in [0.29, 0.717) is 40.9 Å². The zero-order chi connectivity index (χ0) is 21.8. The average Bonchev–Trinajstić information content (AvgIpc) is 2.71. The fraction of sp³-hybridized carbons (Fsp3) is 0.304. The lowest BCUT2D eigenvalue weighted by atomic mass is 9.92. The number of aromatic nitrogens is 3. The number of aryl methyl sites for hydroxylation is 1. The molecule has 2 aromatic heterocycles. The second-order valence-electron chi connectivity index (χ2n) is 7.41. The van der Waals surface area contributed by atoms with Gasteiger partial charge in [-0.05, 0) is 42.2 Å². The number of hydrogen-bond donors (Lipinski definition) is 1. The van der Waals surface area contributed by atoms with Crippen LogP contribution in [-0.4, -0.2) is 20.8 Å². The number of hydrogen-bond acceptors (Lipinski definition) is 4. The molecular weight excluding hydrogens is 385 g/mol. The molecule has 0 unspecified atom stereocenters. The van der Waals surface area contributed by atoms with Gasteiger partial charge in [0.2, 0.25) is 0 Å². The van der Waals surface area contributed by atoms with E-state index in [1.807, 2.05) is 20.8 Å². The van der Waals surface area contributed by atoms with Crippen LogP contribution >= 0.6 is 0 Å². The maximum atomic E-state index is 13.6. The van der Waals surface area contributed by atoms with Crippen LogP contribution in [0.25, 0.3) is 28.2 Å². The number of carbonyl (C=O) groups excluding carboxylic acids is 1. The minimum absolute atomic E-state index is 0.0473. The molecule has 0 aliphatic rings. The third kappa shape index (κ3) is 4.01. The van der Waals surface area contributed by atoms with E-state index in [1.165, 1.54) is 22.8 Å². The fourth-order valence-corrected chi connectivity index (χ4v) is 3.52. The number of nitrogens with one attached hydrogen (secondary N) is 1. The largest absolute Gasteiger partial charge is 0.329 e. The molecule has 0 radical (unpaired) electrons. The van der Waals surface area contributed by atoms with Crippen molar-refractivity contribution in [1.29, 1.82) is 0 Å². The molecule has 156 valence electrons. The van der Waals surface area contributed by atoms with Gasteiger partial charge in [0.05, 0.1) is 11.1 Å². The molecule has 2 heterocycles. The number of carbonyl (C=O) groups is 1. The van der Waals surface area contributed by atoms with E-state index in [9.17, 15) is 18.8 Å². The van der Waals surface area contributed by atoms with Gasteiger partial charge in [0, 0.05) is 17.7 Å². The molecule has 0 saturated carbocycles. The van der Waals surface area contributed by atoms with E-state index in [-0.39, 0.29) is 11.3 Å². The maximum absolute atomic E-state index is 13.6. The monoisotopic (exact) mass is 409 g/mol.